The first-order valence-electron chi connectivity index (χ1n) is 9.86. The van der Waals surface area contributed by atoms with Gasteiger partial charge in [0, 0.05) is 47.6 Å². The lowest BCUT2D eigenvalue weighted by molar-refractivity contribution is 0.0949. The van der Waals surface area contributed by atoms with E-state index in [1.807, 2.05) is 12.1 Å². The molecular formula is C21H22Cl3N5OS. The summed E-state index contributed by atoms with van der Waals surface area (Å²) in [5.41, 5.74) is 8.74. The Balaban J connectivity index is 1.49. The predicted molar refractivity (Wildman–Crippen MR) is 131 cm³/mol. The lowest BCUT2D eigenvalue weighted by atomic mass is 9.91. The Bertz CT molecular complexity index is 1040. The van der Waals surface area contributed by atoms with Gasteiger partial charge in [0.05, 0.1) is 11.3 Å². The van der Waals surface area contributed by atoms with Crippen molar-refractivity contribution in [2.45, 2.75) is 12.3 Å². The molecule has 6 nitrogen and oxygen atoms in total. The molecule has 1 fully saturated rings. The van der Waals surface area contributed by atoms with Gasteiger partial charge in [0.2, 0.25) is 0 Å². The molecule has 1 aromatic carbocycles. The van der Waals surface area contributed by atoms with Crippen molar-refractivity contribution in [2.24, 2.45) is 5.92 Å². The summed E-state index contributed by atoms with van der Waals surface area (Å²) in [5.74, 6) is -0.844. The fourth-order valence-electron chi connectivity index (χ4n) is 3.61. The van der Waals surface area contributed by atoms with Crippen molar-refractivity contribution in [2.75, 3.05) is 42.1 Å². The van der Waals surface area contributed by atoms with E-state index in [9.17, 15) is 4.79 Å². The van der Waals surface area contributed by atoms with E-state index in [-0.39, 0.29) is 11.6 Å². The van der Waals surface area contributed by atoms with E-state index in [2.05, 4.69) is 32.7 Å². The van der Waals surface area contributed by atoms with Crippen molar-refractivity contribution >= 4 is 74.2 Å². The van der Waals surface area contributed by atoms with Crippen LogP contribution in [-0.2, 0) is 0 Å². The predicted octanol–water partition coefficient (Wildman–Crippen LogP) is 4.93. The third kappa shape index (κ3) is 4.71. The van der Waals surface area contributed by atoms with Crippen LogP contribution >= 0.6 is 46.1 Å². The normalized spacial score (nSPS) is 21.8. The number of benzene rings is 1. The number of Topliss-reactive ketones (excluding diaryl/α,β-unsaturated/α-hetero) is 1. The minimum atomic E-state index is -0.736. The van der Waals surface area contributed by atoms with E-state index in [0.29, 0.717) is 25.6 Å². The van der Waals surface area contributed by atoms with Crippen molar-refractivity contribution in [3.05, 3.63) is 50.9 Å². The summed E-state index contributed by atoms with van der Waals surface area (Å²) in [5, 5.41) is 7.25. The van der Waals surface area contributed by atoms with E-state index in [1.165, 1.54) is 17.0 Å². The first-order valence-corrected chi connectivity index (χ1v) is 11.9. The number of nitrogens with one attached hydrogen (secondary N) is 2. The Morgan fingerprint density at radius 1 is 1.26 bits per heavy atom. The van der Waals surface area contributed by atoms with Crippen LogP contribution in [0.5, 0.6) is 0 Å². The largest absolute Gasteiger partial charge is 0.382 e. The zero-order valence-corrected chi connectivity index (χ0v) is 19.9. The monoisotopic (exact) mass is 497 g/mol. The van der Waals surface area contributed by atoms with E-state index in [1.54, 1.807) is 13.0 Å². The summed E-state index contributed by atoms with van der Waals surface area (Å²) in [6.07, 6.45) is 1.63. The molecule has 164 valence electrons. The summed E-state index contributed by atoms with van der Waals surface area (Å²) < 4.78 is 0. The molecule has 1 aliphatic heterocycles. The van der Waals surface area contributed by atoms with Gasteiger partial charge in [0.25, 0.3) is 0 Å². The van der Waals surface area contributed by atoms with E-state index in [0.717, 1.165) is 31.9 Å². The molecule has 1 aliphatic carbocycles. The number of nitrogen functional groups attached to an aromatic ring is 1. The second kappa shape index (κ2) is 9.38. The van der Waals surface area contributed by atoms with Crippen LogP contribution in [0, 0.1) is 5.92 Å². The molecule has 2 heterocycles. The number of aromatic nitrogens is 1. The average Bonchev–Trinajstić information content (AvgIpc) is 3.13. The number of anilines is 4. The van der Waals surface area contributed by atoms with Crippen LogP contribution in [0.3, 0.4) is 0 Å². The molecule has 1 aromatic heterocycles. The Kier molecular flexibility index (Phi) is 6.79. The summed E-state index contributed by atoms with van der Waals surface area (Å²) >= 11 is 20.1. The Morgan fingerprint density at radius 2 is 1.94 bits per heavy atom. The van der Waals surface area contributed by atoms with Crippen LogP contribution in [0.15, 0.2) is 46.0 Å². The van der Waals surface area contributed by atoms with E-state index in [4.69, 9.17) is 40.5 Å². The number of rotatable bonds is 5. The minimum absolute atomic E-state index is 0.154. The van der Waals surface area contributed by atoms with Gasteiger partial charge in [-0.05, 0) is 42.8 Å². The lowest BCUT2D eigenvalue weighted by Gasteiger charge is -2.29. The number of halogens is 3. The van der Waals surface area contributed by atoms with Crippen molar-refractivity contribution in [3.8, 4) is 0 Å². The van der Waals surface area contributed by atoms with Crippen LogP contribution in [-0.4, -0.2) is 42.3 Å². The highest BCUT2D eigenvalue weighted by molar-refractivity contribution is 7.18. The summed E-state index contributed by atoms with van der Waals surface area (Å²) in [4.78, 5) is 20.1. The second-order valence-corrected chi connectivity index (χ2v) is 9.73. The Hall–Kier alpha value is -1.77. The number of allylic oxidation sites excluding steroid dienone is 4. The number of carbonyl (C=O) groups is 1. The number of ketones is 1. The van der Waals surface area contributed by atoms with Gasteiger partial charge >= 0.3 is 0 Å². The van der Waals surface area contributed by atoms with Crippen LogP contribution < -0.4 is 21.3 Å². The van der Waals surface area contributed by atoms with Gasteiger partial charge in [-0.1, -0.05) is 34.5 Å². The number of thiazole rings is 1. The number of alkyl halides is 1. The number of piperazine rings is 1. The van der Waals surface area contributed by atoms with Gasteiger partial charge in [0.15, 0.2) is 10.9 Å². The number of hydrogen-bond acceptors (Lipinski definition) is 7. The quantitative estimate of drug-likeness (QED) is 0.400. The summed E-state index contributed by atoms with van der Waals surface area (Å²) in [7, 11) is 0. The van der Waals surface area contributed by atoms with E-state index >= 15 is 0 Å². The first kappa shape index (κ1) is 22.4. The molecule has 4 rings (SSSR count). The molecule has 0 radical (unpaired) electrons. The molecule has 0 spiro atoms. The highest BCUT2D eigenvalue weighted by Crippen LogP contribution is 2.41. The standard InChI is InChI=1S/C21H22Cl3N5OS/c1-11-14(22)10-15(23)16(17(11)24)18(30)19-20(25)28-21(31-19)27-12-2-4-13(5-3-12)29-8-6-26-7-9-29/h2-5,10,15-16,26H,6-9,25H2,1H3,(H,27,28). The van der Waals surface area contributed by atoms with Gasteiger partial charge in [-0.25, -0.2) is 4.98 Å². The highest BCUT2D eigenvalue weighted by Gasteiger charge is 2.36. The molecule has 0 amide bonds. The van der Waals surface area contributed by atoms with Crippen molar-refractivity contribution in [3.63, 3.8) is 0 Å². The van der Waals surface area contributed by atoms with Gasteiger partial charge in [0.1, 0.15) is 10.7 Å². The maximum absolute atomic E-state index is 13.2. The van der Waals surface area contributed by atoms with Gasteiger partial charge in [-0.15, -0.1) is 11.6 Å². The molecule has 0 bridgehead atoms. The Morgan fingerprint density at radius 3 is 2.61 bits per heavy atom. The minimum Gasteiger partial charge on any atom is -0.382 e. The maximum atomic E-state index is 13.2. The molecule has 2 atom stereocenters. The molecular weight excluding hydrogens is 477 g/mol. The molecule has 31 heavy (non-hydrogen) atoms. The smallest absolute Gasteiger partial charge is 0.189 e. The zero-order chi connectivity index (χ0) is 22.1. The number of hydrogen-bond donors (Lipinski definition) is 3. The third-order valence-electron chi connectivity index (χ3n) is 5.37. The van der Waals surface area contributed by atoms with Crippen molar-refractivity contribution in [1.82, 2.24) is 10.3 Å². The molecule has 1 saturated heterocycles. The molecule has 10 heteroatoms. The second-order valence-electron chi connectivity index (χ2n) is 7.42. The van der Waals surface area contributed by atoms with Crippen LogP contribution in [0.25, 0.3) is 0 Å². The van der Waals surface area contributed by atoms with Crippen LogP contribution in [0.2, 0.25) is 0 Å². The molecule has 4 N–H and O–H groups in total. The SMILES string of the molecule is CC1=C(Cl)C(C(=O)c2sc(Nc3ccc(N4CCNCC4)cc3)nc2N)C(Cl)C=C1Cl. The Labute approximate surface area is 200 Å². The number of carbonyl (C=O) groups excluding carboxylic acids is 1. The molecule has 2 unspecified atom stereocenters. The topological polar surface area (TPSA) is 83.3 Å². The highest BCUT2D eigenvalue weighted by atomic mass is 35.5. The lowest BCUT2D eigenvalue weighted by Crippen LogP contribution is -2.43. The van der Waals surface area contributed by atoms with Crippen molar-refractivity contribution < 1.29 is 4.79 Å². The fraction of sp³-hybridized carbons (Fsp3) is 0.333. The number of nitrogens with zero attached hydrogens (tertiary/aromatic N) is 2. The van der Waals surface area contributed by atoms with Crippen LogP contribution in [0.1, 0.15) is 16.6 Å². The summed E-state index contributed by atoms with van der Waals surface area (Å²) in [6, 6.07) is 8.12. The van der Waals surface area contributed by atoms with Crippen molar-refractivity contribution in [1.29, 1.82) is 0 Å². The maximum Gasteiger partial charge on any atom is 0.189 e. The molecule has 2 aromatic rings. The average molecular weight is 499 g/mol. The summed E-state index contributed by atoms with van der Waals surface area (Å²) in [6.45, 7) is 5.71. The van der Waals surface area contributed by atoms with E-state index < -0.39 is 11.3 Å². The van der Waals surface area contributed by atoms with Gasteiger partial charge < -0.3 is 21.3 Å². The third-order valence-corrected chi connectivity index (χ3v) is 7.68. The first-order chi connectivity index (χ1) is 14.8. The number of nitrogens with two attached hydrogens (primary N) is 1. The fourth-order valence-corrected chi connectivity index (χ4v) is 5.62. The zero-order valence-electron chi connectivity index (χ0n) is 16.8. The van der Waals surface area contributed by atoms with Gasteiger partial charge in [-0.2, -0.15) is 0 Å². The van der Waals surface area contributed by atoms with Gasteiger partial charge in [-0.3, -0.25) is 4.79 Å². The molecule has 0 saturated carbocycles. The van der Waals surface area contributed by atoms with Crippen LogP contribution in [0.4, 0.5) is 22.3 Å². The molecule has 2 aliphatic rings.